The van der Waals surface area contributed by atoms with Crippen LogP contribution in [0.1, 0.15) is 17.5 Å². The average molecular weight is 373 g/mol. The van der Waals surface area contributed by atoms with Crippen LogP contribution in [0.5, 0.6) is 5.75 Å². The lowest BCUT2D eigenvalue weighted by atomic mass is 10.0. The Morgan fingerprint density at radius 3 is 2.68 bits per heavy atom. The van der Waals surface area contributed by atoms with Crippen molar-refractivity contribution >= 4 is 23.1 Å². The summed E-state index contributed by atoms with van der Waals surface area (Å²) in [5, 5.41) is 2.87. The molecule has 2 heterocycles. The molecule has 1 aliphatic heterocycles. The van der Waals surface area contributed by atoms with Gasteiger partial charge in [0.05, 0.1) is 25.4 Å². The van der Waals surface area contributed by atoms with Crippen molar-refractivity contribution in [1.29, 1.82) is 0 Å². The van der Waals surface area contributed by atoms with Gasteiger partial charge in [-0.1, -0.05) is 30.3 Å². The van der Waals surface area contributed by atoms with Crippen LogP contribution in [-0.4, -0.2) is 24.5 Å². The molecule has 1 aliphatic rings. The molecule has 0 radical (unpaired) electrons. The molecule has 5 heteroatoms. The molecule has 0 fully saturated rings. The van der Waals surface area contributed by atoms with Crippen molar-refractivity contribution < 1.29 is 9.53 Å². The third-order valence-electron chi connectivity index (χ3n) is 4.96. The molecular formula is C23H23N3O2. The van der Waals surface area contributed by atoms with Gasteiger partial charge in [0.1, 0.15) is 11.6 Å². The highest BCUT2D eigenvalue weighted by molar-refractivity contribution is 5.91. The van der Waals surface area contributed by atoms with E-state index < -0.39 is 0 Å². The van der Waals surface area contributed by atoms with Gasteiger partial charge in [0.15, 0.2) is 0 Å². The molecule has 4 rings (SSSR count). The predicted octanol–water partition coefficient (Wildman–Crippen LogP) is 4.36. The van der Waals surface area contributed by atoms with Crippen molar-refractivity contribution in [3.05, 3.63) is 78.0 Å². The van der Waals surface area contributed by atoms with Gasteiger partial charge in [-0.25, -0.2) is 4.98 Å². The summed E-state index contributed by atoms with van der Waals surface area (Å²) < 4.78 is 5.14. The minimum atomic E-state index is -0.0891. The number of para-hydroxylation sites is 1. The molecule has 5 nitrogen and oxygen atoms in total. The Kier molecular flexibility index (Phi) is 5.24. The van der Waals surface area contributed by atoms with Crippen molar-refractivity contribution in [3.63, 3.8) is 0 Å². The van der Waals surface area contributed by atoms with Crippen molar-refractivity contribution in [2.45, 2.75) is 19.3 Å². The van der Waals surface area contributed by atoms with Crippen molar-refractivity contribution in [3.8, 4) is 5.75 Å². The number of nitrogens with one attached hydrogen (secondary N) is 1. The Balaban J connectivity index is 1.41. The fourth-order valence-electron chi connectivity index (χ4n) is 3.54. The van der Waals surface area contributed by atoms with Crippen LogP contribution in [0.15, 0.2) is 66.9 Å². The number of benzene rings is 2. The maximum Gasteiger partial charge on any atom is 0.229 e. The summed E-state index contributed by atoms with van der Waals surface area (Å²) in [5.41, 5.74) is 4.58. The number of nitrogens with zero attached hydrogens (tertiary/aromatic N) is 2. The van der Waals surface area contributed by atoms with E-state index in [1.807, 2.05) is 42.6 Å². The highest BCUT2D eigenvalue weighted by atomic mass is 16.5. The van der Waals surface area contributed by atoms with Crippen molar-refractivity contribution in [1.82, 2.24) is 4.98 Å². The SMILES string of the molecule is COc1ccc(CC(=O)Nc2ccc(N3CCCc4ccccc43)cn2)cc1. The number of carbonyl (C=O) groups excluding carboxylic acids is 1. The number of methoxy groups -OCH3 is 1. The zero-order valence-corrected chi connectivity index (χ0v) is 15.9. The number of amides is 1. The Bertz CT molecular complexity index is 952. The standard InChI is InChI=1S/C23H23N3O2/c1-28-20-11-8-17(9-12-20)15-23(27)25-22-13-10-19(16-24-22)26-14-4-6-18-5-2-3-7-21(18)26/h2-3,5,7-13,16H,4,6,14-15H2,1H3,(H,24,25,27). The number of anilines is 3. The third-order valence-corrected chi connectivity index (χ3v) is 4.96. The van der Waals surface area contributed by atoms with E-state index >= 15 is 0 Å². The first-order valence-corrected chi connectivity index (χ1v) is 9.47. The van der Waals surface area contributed by atoms with Crippen LogP contribution in [0.2, 0.25) is 0 Å². The summed E-state index contributed by atoms with van der Waals surface area (Å²) in [4.78, 5) is 19.0. The highest BCUT2D eigenvalue weighted by Crippen LogP contribution is 2.33. The van der Waals surface area contributed by atoms with E-state index in [1.165, 1.54) is 11.3 Å². The second-order valence-electron chi connectivity index (χ2n) is 6.86. The highest BCUT2D eigenvalue weighted by Gasteiger charge is 2.18. The lowest BCUT2D eigenvalue weighted by molar-refractivity contribution is -0.115. The van der Waals surface area contributed by atoms with Crippen molar-refractivity contribution in [2.24, 2.45) is 0 Å². The summed E-state index contributed by atoms with van der Waals surface area (Å²) in [7, 11) is 1.62. The Morgan fingerprint density at radius 1 is 1.11 bits per heavy atom. The van der Waals surface area contributed by atoms with E-state index in [0.29, 0.717) is 12.2 Å². The molecule has 1 aromatic heterocycles. The zero-order valence-electron chi connectivity index (χ0n) is 15.9. The van der Waals surface area contributed by atoms with Gasteiger partial charge in [-0.05, 0) is 54.3 Å². The van der Waals surface area contributed by atoms with Crippen LogP contribution in [0.3, 0.4) is 0 Å². The molecule has 28 heavy (non-hydrogen) atoms. The molecular weight excluding hydrogens is 350 g/mol. The third kappa shape index (κ3) is 3.98. The molecule has 1 N–H and O–H groups in total. The number of carbonyl (C=O) groups is 1. The molecule has 1 amide bonds. The van der Waals surface area contributed by atoms with Gasteiger partial charge < -0.3 is 15.0 Å². The molecule has 3 aromatic rings. The Labute approximate surface area is 165 Å². The van der Waals surface area contributed by atoms with E-state index in [-0.39, 0.29) is 5.91 Å². The minimum absolute atomic E-state index is 0.0891. The number of hydrogen-bond donors (Lipinski definition) is 1. The smallest absolute Gasteiger partial charge is 0.229 e. The van der Waals surface area contributed by atoms with E-state index in [0.717, 1.165) is 36.4 Å². The maximum atomic E-state index is 12.3. The molecule has 2 aromatic carbocycles. The van der Waals surface area contributed by atoms with Gasteiger partial charge in [-0.15, -0.1) is 0 Å². The van der Waals surface area contributed by atoms with E-state index in [2.05, 4.69) is 39.5 Å². The van der Waals surface area contributed by atoms with Gasteiger partial charge in [0.25, 0.3) is 0 Å². The van der Waals surface area contributed by atoms with E-state index in [9.17, 15) is 4.79 Å². The minimum Gasteiger partial charge on any atom is -0.497 e. The lowest BCUT2D eigenvalue weighted by Gasteiger charge is -2.31. The molecule has 0 bridgehead atoms. The molecule has 0 unspecified atom stereocenters. The lowest BCUT2D eigenvalue weighted by Crippen LogP contribution is -2.24. The topological polar surface area (TPSA) is 54.5 Å². The molecule has 0 atom stereocenters. The van der Waals surface area contributed by atoms with E-state index in [4.69, 9.17) is 4.74 Å². The van der Waals surface area contributed by atoms with Crippen LogP contribution in [0.4, 0.5) is 17.2 Å². The predicted molar refractivity (Wildman–Crippen MR) is 111 cm³/mol. The van der Waals surface area contributed by atoms with Crippen LogP contribution in [-0.2, 0) is 17.6 Å². The monoisotopic (exact) mass is 373 g/mol. The first kappa shape index (κ1) is 18.0. The van der Waals surface area contributed by atoms with Gasteiger partial charge >= 0.3 is 0 Å². The Hall–Kier alpha value is -3.34. The first-order valence-electron chi connectivity index (χ1n) is 9.47. The number of ether oxygens (including phenoxy) is 1. The normalized spacial score (nSPS) is 13.0. The van der Waals surface area contributed by atoms with Gasteiger partial charge in [-0.3, -0.25) is 4.79 Å². The average Bonchev–Trinajstić information content (AvgIpc) is 2.74. The molecule has 0 saturated heterocycles. The summed E-state index contributed by atoms with van der Waals surface area (Å²) in [6.45, 7) is 0.974. The number of aryl methyl sites for hydroxylation is 1. The van der Waals surface area contributed by atoms with Crippen LogP contribution in [0, 0.1) is 0 Å². The van der Waals surface area contributed by atoms with E-state index in [1.54, 1.807) is 7.11 Å². The van der Waals surface area contributed by atoms with Crippen LogP contribution >= 0.6 is 0 Å². The Morgan fingerprint density at radius 2 is 1.93 bits per heavy atom. The quantitative estimate of drug-likeness (QED) is 0.722. The summed E-state index contributed by atoms with van der Waals surface area (Å²) >= 11 is 0. The largest absolute Gasteiger partial charge is 0.497 e. The molecule has 0 spiro atoms. The fourth-order valence-corrected chi connectivity index (χ4v) is 3.54. The zero-order chi connectivity index (χ0) is 19.3. The molecule has 142 valence electrons. The number of hydrogen-bond acceptors (Lipinski definition) is 4. The summed E-state index contributed by atoms with van der Waals surface area (Å²) in [6.07, 6.45) is 4.36. The number of fused-ring (bicyclic) bond motifs is 1. The van der Waals surface area contributed by atoms with Crippen LogP contribution in [0.25, 0.3) is 0 Å². The number of pyridine rings is 1. The maximum absolute atomic E-state index is 12.3. The second kappa shape index (κ2) is 8.13. The van der Waals surface area contributed by atoms with Gasteiger partial charge in [0, 0.05) is 12.2 Å². The molecule has 0 aliphatic carbocycles. The van der Waals surface area contributed by atoms with Gasteiger partial charge in [0.2, 0.25) is 5.91 Å². The number of rotatable bonds is 5. The second-order valence-corrected chi connectivity index (χ2v) is 6.86. The summed E-state index contributed by atoms with van der Waals surface area (Å²) in [6, 6.07) is 19.8. The summed E-state index contributed by atoms with van der Waals surface area (Å²) in [5.74, 6) is 1.25. The van der Waals surface area contributed by atoms with Crippen LogP contribution < -0.4 is 15.0 Å². The van der Waals surface area contributed by atoms with Crippen molar-refractivity contribution in [2.75, 3.05) is 23.9 Å². The fraction of sp³-hybridized carbons (Fsp3) is 0.217. The number of aromatic nitrogens is 1. The first-order chi connectivity index (χ1) is 13.7. The molecule has 0 saturated carbocycles. The van der Waals surface area contributed by atoms with Gasteiger partial charge in [-0.2, -0.15) is 0 Å².